The quantitative estimate of drug-likeness (QED) is 0.224. The smallest absolute Gasteiger partial charge is 0.233 e. The molecule has 2 aromatic carbocycles. The zero-order valence-electron chi connectivity index (χ0n) is 26.7. The van der Waals surface area contributed by atoms with Crippen LogP contribution < -0.4 is 9.47 Å². The molecule has 1 saturated heterocycles. The minimum Gasteiger partial charge on any atom is -0.459 e. The fourth-order valence-electron chi connectivity index (χ4n) is 6.42. The average molecular weight is 620 g/mol. The van der Waals surface area contributed by atoms with E-state index in [0.717, 1.165) is 70.6 Å². The molecule has 0 amide bonds. The molecule has 5 rings (SSSR count). The van der Waals surface area contributed by atoms with Gasteiger partial charge in [-0.15, -0.1) is 23.2 Å². The predicted molar refractivity (Wildman–Crippen MR) is 169 cm³/mol. The number of halogens is 2. The lowest BCUT2D eigenvalue weighted by molar-refractivity contribution is -0.228. The Kier molecular flexibility index (Phi) is 8.46. The van der Waals surface area contributed by atoms with Crippen LogP contribution in [-0.4, -0.2) is 22.5 Å². The summed E-state index contributed by atoms with van der Waals surface area (Å²) >= 11 is 12.0. The number of aliphatic hydroxyl groups is 1. The third-order valence-electron chi connectivity index (χ3n) is 9.11. The van der Waals surface area contributed by atoms with E-state index in [4.69, 9.17) is 42.1 Å². The molecule has 0 radical (unpaired) electrons. The van der Waals surface area contributed by atoms with E-state index < -0.39 is 18.7 Å². The Labute approximate surface area is 262 Å². The maximum Gasteiger partial charge on any atom is 0.233 e. The first-order chi connectivity index (χ1) is 19.5. The number of hydrogen-bond acceptors (Lipinski definition) is 5. The number of benzene rings is 2. The van der Waals surface area contributed by atoms with E-state index in [1.54, 1.807) is 0 Å². The molecule has 0 aliphatic carbocycles. The summed E-state index contributed by atoms with van der Waals surface area (Å²) in [6.07, 6.45) is 1.54. The molecule has 7 heteroatoms. The molecule has 3 aliphatic rings. The molecule has 0 aromatic heterocycles. The van der Waals surface area contributed by atoms with Gasteiger partial charge in [-0.05, 0) is 84.2 Å². The van der Waals surface area contributed by atoms with Crippen LogP contribution in [0.2, 0.25) is 0 Å². The molecule has 2 bridgehead atoms. The minimum atomic E-state index is -0.680. The van der Waals surface area contributed by atoms with Crippen molar-refractivity contribution in [2.45, 2.75) is 129 Å². The van der Waals surface area contributed by atoms with E-state index in [0.29, 0.717) is 11.8 Å². The van der Waals surface area contributed by atoms with Crippen LogP contribution in [0.3, 0.4) is 0 Å². The summed E-state index contributed by atoms with van der Waals surface area (Å²) in [5, 5.41) is 11.6. The van der Waals surface area contributed by atoms with Crippen molar-refractivity contribution in [3.8, 4) is 11.5 Å². The number of ether oxygens (including phenoxy) is 4. The number of aliphatic hydroxyl groups excluding tert-OH is 1. The summed E-state index contributed by atoms with van der Waals surface area (Å²) in [7, 11) is 0. The fraction of sp³-hybridized carbons (Fsp3) is 0.657. The summed E-state index contributed by atoms with van der Waals surface area (Å²) in [6, 6.07) is 8.49. The summed E-state index contributed by atoms with van der Waals surface area (Å²) in [5.74, 6) is 2.79. The predicted octanol–water partition coefficient (Wildman–Crippen LogP) is 9.71. The maximum absolute atomic E-state index is 11.6. The SMILES string of the molecule is CC(C)(C)c1cc(C(O)C(C)(C)CCCCl)cc2c1OC1OC2Oc2c1cc(C1OC1(C)CCCCl)cc2C(C)(C)C. The molecule has 0 saturated carbocycles. The van der Waals surface area contributed by atoms with E-state index in [1.807, 2.05) is 6.07 Å². The van der Waals surface area contributed by atoms with Gasteiger partial charge in [-0.3, -0.25) is 4.74 Å². The Hall–Kier alpha value is -1.50. The Morgan fingerprint density at radius 1 is 0.810 bits per heavy atom. The van der Waals surface area contributed by atoms with E-state index in [-0.39, 0.29) is 27.9 Å². The first-order valence-electron chi connectivity index (χ1n) is 15.3. The number of fused-ring (bicyclic) bond motifs is 6. The van der Waals surface area contributed by atoms with E-state index in [9.17, 15) is 5.11 Å². The monoisotopic (exact) mass is 618 g/mol. The second kappa shape index (κ2) is 11.1. The molecular weight excluding hydrogens is 571 g/mol. The highest BCUT2D eigenvalue weighted by Crippen LogP contribution is 2.57. The molecule has 3 heterocycles. The van der Waals surface area contributed by atoms with Crippen molar-refractivity contribution >= 4 is 23.2 Å². The van der Waals surface area contributed by atoms with Gasteiger partial charge in [-0.25, -0.2) is 0 Å². The van der Waals surface area contributed by atoms with Gasteiger partial charge in [0.1, 0.15) is 17.6 Å². The van der Waals surface area contributed by atoms with Crippen LogP contribution in [0.15, 0.2) is 24.3 Å². The van der Waals surface area contributed by atoms with Crippen LogP contribution in [-0.2, 0) is 20.3 Å². The summed E-state index contributed by atoms with van der Waals surface area (Å²) in [5.41, 5.74) is 4.80. The number of alkyl halides is 2. The van der Waals surface area contributed by atoms with Gasteiger partial charge in [-0.2, -0.15) is 0 Å². The van der Waals surface area contributed by atoms with Crippen molar-refractivity contribution in [2.75, 3.05) is 11.8 Å². The third kappa shape index (κ3) is 5.94. The van der Waals surface area contributed by atoms with Gasteiger partial charge >= 0.3 is 0 Å². The highest BCUT2D eigenvalue weighted by Gasteiger charge is 2.53. The van der Waals surface area contributed by atoms with Gasteiger partial charge in [0.15, 0.2) is 0 Å². The Bertz CT molecular complexity index is 1320. The van der Waals surface area contributed by atoms with Crippen molar-refractivity contribution in [1.82, 2.24) is 0 Å². The number of rotatable bonds is 9. The Morgan fingerprint density at radius 3 is 1.90 bits per heavy atom. The van der Waals surface area contributed by atoms with Gasteiger partial charge in [0.2, 0.25) is 12.6 Å². The molecule has 232 valence electrons. The summed E-state index contributed by atoms with van der Waals surface area (Å²) < 4.78 is 26.2. The van der Waals surface area contributed by atoms with Crippen LogP contribution in [0, 0.1) is 5.41 Å². The first-order valence-corrected chi connectivity index (χ1v) is 16.4. The van der Waals surface area contributed by atoms with Gasteiger partial charge < -0.3 is 19.3 Å². The number of epoxide rings is 1. The highest BCUT2D eigenvalue weighted by molar-refractivity contribution is 6.18. The Morgan fingerprint density at radius 2 is 1.36 bits per heavy atom. The van der Waals surface area contributed by atoms with Crippen LogP contribution in [0.4, 0.5) is 0 Å². The standard InChI is InChI=1S/C35H48Cl2O5/c1-32(2,3)24-18-20(28(38)34(7,8)12-10-14-36)16-22-26(24)39-31-23-17-21(29-35(9,42-29)13-11-15-37)19-25(33(4,5)6)27(23)40-30(22)41-31/h16-19,28-31,38H,10-15H2,1-9H3. The van der Waals surface area contributed by atoms with Gasteiger partial charge in [0, 0.05) is 22.9 Å². The first kappa shape index (κ1) is 31.9. The van der Waals surface area contributed by atoms with E-state index >= 15 is 0 Å². The fourth-order valence-corrected chi connectivity index (χ4v) is 6.68. The molecule has 5 nitrogen and oxygen atoms in total. The zero-order valence-corrected chi connectivity index (χ0v) is 28.2. The third-order valence-corrected chi connectivity index (χ3v) is 9.64. The molecule has 1 N–H and O–H groups in total. The maximum atomic E-state index is 11.6. The largest absolute Gasteiger partial charge is 0.459 e. The van der Waals surface area contributed by atoms with Gasteiger partial charge in [-0.1, -0.05) is 55.4 Å². The lowest BCUT2D eigenvalue weighted by Gasteiger charge is -2.42. The van der Waals surface area contributed by atoms with Crippen LogP contribution in [0.5, 0.6) is 11.5 Å². The molecule has 2 aromatic rings. The molecule has 42 heavy (non-hydrogen) atoms. The van der Waals surface area contributed by atoms with Gasteiger partial charge in [0.05, 0.1) is 22.8 Å². The van der Waals surface area contributed by atoms with Crippen LogP contribution in [0.1, 0.15) is 146 Å². The molecule has 3 aliphatic heterocycles. The molecule has 5 unspecified atom stereocenters. The van der Waals surface area contributed by atoms with Crippen LogP contribution >= 0.6 is 23.2 Å². The van der Waals surface area contributed by atoms with Crippen LogP contribution in [0.25, 0.3) is 0 Å². The second-order valence-corrected chi connectivity index (χ2v) is 16.1. The van der Waals surface area contributed by atoms with Crippen molar-refractivity contribution in [1.29, 1.82) is 0 Å². The lowest BCUT2D eigenvalue weighted by Crippen LogP contribution is -2.34. The average Bonchev–Trinajstić information content (AvgIpc) is 3.59. The Balaban J connectivity index is 1.58. The normalized spacial score (nSPS) is 25.7. The molecule has 1 fully saturated rings. The highest BCUT2D eigenvalue weighted by atomic mass is 35.5. The van der Waals surface area contributed by atoms with Crippen molar-refractivity contribution in [3.05, 3.63) is 57.6 Å². The van der Waals surface area contributed by atoms with Crippen molar-refractivity contribution in [2.24, 2.45) is 5.41 Å². The molecule has 0 spiro atoms. The van der Waals surface area contributed by atoms with E-state index in [1.165, 1.54) is 0 Å². The topological polar surface area (TPSA) is 60.5 Å². The zero-order chi connectivity index (χ0) is 30.8. The minimum absolute atomic E-state index is 0.00273. The van der Waals surface area contributed by atoms with Crippen molar-refractivity contribution < 1.29 is 24.1 Å². The van der Waals surface area contributed by atoms with E-state index in [2.05, 4.69) is 80.5 Å². The lowest BCUT2D eigenvalue weighted by atomic mass is 9.76. The summed E-state index contributed by atoms with van der Waals surface area (Å²) in [6.45, 7) is 19.5. The van der Waals surface area contributed by atoms with Crippen molar-refractivity contribution in [3.63, 3.8) is 0 Å². The summed E-state index contributed by atoms with van der Waals surface area (Å²) in [4.78, 5) is 0. The van der Waals surface area contributed by atoms with Gasteiger partial charge in [0.25, 0.3) is 0 Å². The molecule has 5 atom stereocenters. The number of hydrogen-bond donors (Lipinski definition) is 1. The molecular formula is C35H48Cl2O5. The second-order valence-electron chi connectivity index (χ2n) is 15.3.